The van der Waals surface area contributed by atoms with Crippen molar-refractivity contribution >= 4 is 22.0 Å². The number of fused-ring (bicyclic) bond motifs is 2. The highest BCUT2D eigenvalue weighted by molar-refractivity contribution is 6.01. The molecule has 0 spiro atoms. The van der Waals surface area contributed by atoms with E-state index in [1.807, 2.05) is 12.1 Å². The molecule has 0 unspecified atom stereocenters. The van der Waals surface area contributed by atoms with Crippen LogP contribution in [-0.4, -0.2) is 41.1 Å². The second-order valence-electron chi connectivity index (χ2n) is 6.31. The topological polar surface area (TPSA) is 85.0 Å². The summed E-state index contributed by atoms with van der Waals surface area (Å²) in [5.74, 6) is 1.20. The average Bonchev–Trinajstić information content (AvgIpc) is 2.99. The Balaban J connectivity index is 2.22. The van der Waals surface area contributed by atoms with Gasteiger partial charge in [-0.3, -0.25) is 0 Å². The number of benzene rings is 1. The van der Waals surface area contributed by atoms with Gasteiger partial charge < -0.3 is 24.1 Å². The van der Waals surface area contributed by atoms with Crippen LogP contribution in [0.25, 0.3) is 22.0 Å². The summed E-state index contributed by atoms with van der Waals surface area (Å²) in [6.07, 6.45) is 0.867. The van der Waals surface area contributed by atoms with E-state index in [9.17, 15) is 10.2 Å². The lowest BCUT2D eigenvalue weighted by Gasteiger charge is -2.25. The van der Waals surface area contributed by atoms with Gasteiger partial charge in [-0.15, -0.1) is 0 Å². The number of aromatic nitrogens is 1. The second kappa shape index (κ2) is 5.96. The maximum Gasteiger partial charge on any atom is 0.230 e. The maximum absolute atomic E-state index is 10.2. The van der Waals surface area contributed by atoms with Crippen molar-refractivity contribution in [2.45, 2.75) is 32.0 Å². The lowest BCUT2D eigenvalue weighted by Crippen LogP contribution is -2.37. The summed E-state index contributed by atoms with van der Waals surface area (Å²) >= 11 is 0. The average molecular weight is 331 g/mol. The summed E-state index contributed by atoms with van der Waals surface area (Å²) in [4.78, 5) is 4.53. The van der Waals surface area contributed by atoms with Gasteiger partial charge in [-0.1, -0.05) is 6.07 Å². The number of hydrogen-bond donors (Lipinski definition) is 2. The number of aliphatic hydroxyl groups excluding tert-OH is 1. The molecule has 1 aromatic carbocycles. The Morgan fingerprint density at radius 1 is 1.12 bits per heavy atom. The van der Waals surface area contributed by atoms with Crippen LogP contribution in [0.3, 0.4) is 0 Å². The van der Waals surface area contributed by atoms with Crippen LogP contribution in [-0.2, 0) is 6.42 Å². The molecule has 0 saturated carbocycles. The zero-order valence-corrected chi connectivity index (χ0v) is 14.2. The van der Waals surface area contributed by atoms with Gasteiger partial charge in [-0.2, -0.15) is 0 Å². The molecule has 24 heavy (non-hydrogen) atoms. The summed E-state index contributed by atoms with van der Waals surface area (Å²) in [5.41, 5.74) is 0.589. The van der Waals surface area contributed by atoms with Gasteiger partial charge in [0.15, 0.2) is 0 Å². The SMILES string of the molecule is COc1c2ccoc2nc2c(OC)c(C[C@@H](O)C(C)(C)O)ccc12. The number of pyridine rings is 1. The first-order valence-corrected chi connectivity index (χ1v) is 7.68. The summed E-state index contributed by atoms with van der Waals surface area (Å²) in [6, 6.07) is 5.54. The fraction of sp³-hybridized carbons (Fsp3) is 0.389. The standard InChI is InChI=1S/C18H21NO5/c1-18(2,21)13(20)9-10-5-6-11-14(15(10)22-3)19-17-12(7-8-24-17)16(11)23-4/h5-8,13,20-21H,9H2,1-4H3/t13-/m1/s1. The van der Waals surface area contributed by atoms with E-state index in [0.29, 0.717) is 22.7 Å². The van der Waals surface area contributed by atoms with Crippen molar-refractivity contribution in [3.8, 4) is 11.5 Å². The van der Waals surface area contributed by atoms with Gasteiger partial charge in [0.1, 0.15) is 17.0 Å². The molecule has 0 fully saturated rings. The van der Waals surface area contributed by atoms with E-state index in [-0.39, 0.29) is 6.42 Å². The Kier molecular flexibility index (Phi) is 4.11. The Morgan fingerprint density at radius 3 is 2.46 bits per heavy atom. The molecule has 0 radical (unpaired) electrons. The van der Waals surface area contributed by atoms with E-state index in [4.69, 9.17) is 13.9 Å². The molecule has 2 N–H and O–H groups in total. The minimum absolute atomic E-state index is 0.239. The van der Waals surface area contributed by atoms with E-state index in [1.54, 1.807) is 40.4 Å². The van der Waals surface area contributed by atoms with E-state index < -0.39 is 11.7 Å². The monoisotopic (exact) mass is 331 g/mol. The molecule has 2 heterocycles. The number of aliphatic hydroxyl groups is 2. The molecule has 3 rings (SSSR count). The summed E-state index contributed by atoms with van der Waals surface area (Å²) in [5, 5.41) is 21.8. The number of ether oxygens (including phenoxy) is 2. The third-order valence-corrected chi connectivity index (χ3v) is 4.20. The third kappa shape index (κ3) is 2.68. The number of nitrogens with zero attached hydrogens (tertiary/aromatic N) is 1. The number of methoxy groups -OCH3 is 2. The molecule has 0 saturated heterocycles. The first-order valence-electron chi connectivity index (χ1n) is 7.68. The summed E-state index contributed by atoms with van der Waals surface area (Å²) < 4.78 is 16.5. The van der Waals surface area contributed by atoms with Crippen molar-refractivity contribution in [3.63, 3.8) is 0 Å². The molecule has 0 bridgehead atoms. The van der Waals surface area contributed by atoms with Crippen molar-refractivity contribution in [3.05, 3.63) is 30.0 Å². The number of rotatable bonds is 5. The van der Waals surface area contributed by atoms with Crippen LogP contribution in [0.4, 0.5) is 0 Å². The molecule has 0 aliphatic rings. The first kappa shape index (κ1) is 16.5. The molecule has 2 aromatic heterocycles. The van der Waals surface area contributed by atoms with Crippen LogP contribution in [0.15, 0.2) is 28.9 Å². The van der Waals surface area contributed by atoms with Crippen molar-refractivity contribution in [1.29, 1.82) is 0 Å². The highest BCUT2D eigenvalue weighted by atomic mass is 16.5. The minimum Gasteiger partial charge on any atom is -0.495 e. The molecule has 1 atom stereocenters. The maximum atomic E-state index is 10.2. The molecule has 128 valence electrons. The van der Waals surface area contributed by atoms with Crippen LogP contribution < -0.4 is 9.47 Å². The Bertz CT molecular complexity index is 878. The Labute approximate surface area is 139 Å². The molecular formula is C18H21NO5. The third-order valence-electron chi connectivity index (χ3n) is 4.20. The minimum atomic E-state index is -1.21. The van der Waals surface area contributed by atoms with Crippen molar-refractivity contribution in [1.82, 2.24) is 4.98 Å². The Morgan fingerprint density at radius 2 is 1.83 bits per heavy atom. The molecule has 0 aliphatic heterocycles. The zero-order chi connectivity index (χ0) is 17.5. The highest BCUT2D eigenvalue weighted by Crippen LogP contribution is 2.39. The molecule has 3 aromatic rings. The van der Waals surface area contributed by atoms with Gasteiger partial charge in [-0.25, -0.2) is 4.98 Å². The predicted octanol–water partition coefficient (Wildman–Crippen LogP) is 2.67. The van der Waals surface area contributed by atoms with Crippen molar-refractivity contribution in [2.24, 2.45) is 0 Å². The van der Waals surface area contributed by atoms with Crippen molar-refractivity contribution < 1.29 is 24.1 Å². The lowest BCUT2D eigenvalue weighted by molar-refractivity contribution is -0.0471. The van der Waals surface area contributed by atoms with Gasteiger partial charge in [0.05, 0.1) is 37.6 Å². The van der Waals surface area contributed by atoms with E-state index in [0.717, 1.165) is 16.3 Å². The lowest BCUT2D eigenvalue weighted by atomic mass is 9.94. The summed E-state index contributed by atoms with van der Waals surface area (Å²) in [7, 11) is 3.15. The van der Waals surface area contributed by atoms with E-state index >= 15 is 0 Å². The normalized spacial score (nSPS) is 13.4. The van der Waals surface area contributed by atoms with Crippen LogP contribution in [0.1, 0.15) is 19.4 Å². The molecule has 6 heteroatoms. The Hall–Kier alpha value is -2.31. The fourth-order valence-corrected chi connectivity index (χ4v) is 2.78. The smallest absolute Gasteiger partial charge is 0.230 e. The van der Waals surface area contributed by atoms with Gasteiger partial charge >= 0.3 is 0 Å². The molecule has 0 aliphatic carbocycles. The van der Waals surface area contributed by atoms with Crippen LogP contribution in [0, 0.1) is 0 Å². The second-order valence-corrected chi connectivity index (χ2v) is 6.31. The molecule has 6 nitrogen and oxygen atoms in total. The quantitative estimate of drug-likeness (QED) is 0.748. The van der Waals surface area contributed by atoms with Crippen LogP contribution >= 0.6 is 0 Å². The number of furan rings is 1. The van der Waals surface area contributed by atoms with Crippen LogP contribution in [0.2, 0.25) is 0 Å². The van der Waals surface area contributed by atoms with Gasteiger partial charge in [0, 0.05) is 11.8 Å². The fourth-order valence-electron chi connectivity index (χ4n) is 2.78. The van der Waals surface area contributed by atoms with Crippen LogP contribution in [0.5, 0.6) is 11.5 Å². The van der Waals surface area contributed by atoms with E-state index in [2.05, 4.69) is 4.98 Å². The molecular weight excluding hydrogens is 310 g/mol. The summed E-state index contributed by atoms with van der Waals surface area (Å²) in [6.45, 7) is 3.14. The number of hydrogen-bond acceptors (Lipinski definition) is 6. The molecule has 0 amide bonds. The predicted molar refractivity (Wildman–Crippen MR) is 90.6 cm³/mol. The zero-order valence-electron chi connectivity index (χ0n) is 14.2. The largest absolute Gasteiger partial charge is 0.495 e. The van der Waals surface area contributed by atoms with Crippen molar-refractivity contribution in [2.75, 3.05) is 14.2 Å². The first-order chi connectivity index (χ1) is 11.4. The van der Waals surface area contributed by atoms with E-state index in [1.165, 1.54) is 0 Å². The highest BCUT2D eigenvalue weighted by Gasteiger charge is 2.27. The van der Waals surface area contributed by atoms with Gasteiger partial charge in [0.2, 0.25) is 5.71 Å². The van der Waals surface area contributed by atoms with Gasteiger partial charge in [0.25, 0.3) is 0 Å². The van der Waals surface area contributed by atoms with Gasteiger partial charge in [-0.05, 0) is 31.5 Å².